The average molecular weight is 271 g/mol. The average Bonchev–Trinajstić information content (AvgIpc) is 3.08. The summed E-state index contributed by atoms with van der Waals surface area (Å²) in [6.07, 6.45) is 7.46. The number of ether oxygens (including phenoxy) is 2. The van der Waals surface area contributed by atoms with Crippen molar-refractivity contribution in [3.8, 4) is 0 Å². The molecule has 2 rings (SSSR count). The third-order valence-electron chi connectivity index (χ3n) is 4.42. The number of aliphatic hydroxyl groups excluding tert-OH is 1. The maximum absolute atomic E-state index is 9.89. The fourth-order valence-corrected chi connectivity index (χ4v) is 3.12. The molecule has 19 heavy (non-hydrogen) atoms. The highest BCUT2D eigenvalue weighted by Crippen LogP contribution is 2.27. The van der Waals surface area contributed by atoms with E-state index in [0.29, 0.717) is 25.8 Å². The van der Waals surface area contributed by atoms with Crippen LogP contribution in [-0.2, 0) is 9.47 Å². The van der Waals surface area contributed by atoms with Gasteiger partial charge in [-0.25, -0.2) is 0 Å². The van der Waals surface area contributed by atoms with Crippen LogP contribution in [0, 0.1) is 5.92 Å². The van der Waals surface area contributed by atoms with E-state index in [4.69, 9.17) is 9.47 Å². The molecule has 112 valence electrons. The van der Waals surface area contributed by atoms with Gasteiger partial charge >= 0.3 is 0 Å². The first kappa shape index (κ1) is 15.2. The van der Waals surface area contributed by atoms with Gasteiger partial charge in [0.15, 0.2) is 0 Å². The van der Waals surface area contributed by atoms with Gasteiger partial charge in [-0.3, -0.25) is 0 Å². The van der Waals surface area contributed by atoms with E-state index >= 15 is 0 Å². The second kappa shape index (κ2) is 8.20. The molecule has 3 atom stereocenters. The molecule has 4 heteroatoms. The molecule has 0 bridgehead atoms. The second-order valence-corrected chi connectivity index (χ2v) is 6.07. The highest BCUT2D eigenvalue weighted by Gasteiger charge is 2.22. The van der Waals surface area contributed by atoms with Crippen LogP contribution in [0.4, 0.5) is 0 Å². The predicted molar refractivity (Wildman–Crippen MR) is 75.2 cm³/mol. The molecule has 1 aliphatic carbocycles. The van der Waals surface area contributed by atoms with E-state index in [0.717, 1.165) is 25.4 Å². The highest BCUT2D eigenvalue weighted by atomic mass is 16.5. The van der Waals surface area contributed by atoms with Crippen LogP contribution in [0.3, 0.4) is 0 Å². The Morgan fingerprint density at radius 3 is 2.74 bits per heavy atom. The van der Waals surface area contributed by atoms with E-state index in [1.807, 2.05) is 0 Å². The summed E-state index contributed by atoms with van der Waals surface area (Å²) in [6, 6.07) is 0.510. The van der Waals surface area contributed by atoms with Gasteiger partial charge in [0.05, 0.1) is 25.4 Å². The summed E-state index contributed by atoms with van der Waals surface area (Å²) in [4.78, 5) is 0. The lowest BCUT2D eigenvalue weighted by atomic mass is 10.00. The molecule has 1 saturated heterocycles. The topological polar surface area (TPSA) is 50.7 Å². The molecule has 0 aromatic carbocycles. The van der Waals surface area contributed by atoms with Gasteiger partial charge in [0, 0.05) is 19.2 Å². The Bertz CT molecular complexity index is 238. The van der Waals surface area contributed by atoms with Crippen molar-refractivity contribution in [2.24, 2.45) is 5.92 Å². The Labute approximate surface area is 116 Å². The van der Waals surface area contributed by atoms with Crippen LogP contribution >= 0.6 is 0 Å². The van der Waals surface area contributed by atoms with Crippen molar-refractivity contribution in [3.63, 3.8) is 0 Å². The second-order valence-electron chi connectivity index (χ2n) is 6.07. The van der Waals surface area contributed by atoms with Crippen molar-refractivity contribution in [2.75, 3.05) is 26.4 Å². The van der Waals surface area contributed by atoms with Crippen LogP contribution in [0.25, 0.3) is 0 Å². The molecule has 0 aromatic rings. The van der Waals surface area contributed by atoms with Gasteiger partial charge in [0.25, 0.3) is 0 Å². The maximum atomic E-state index is 9.89. The van der Waals surface area contributed by atoms with Crippen molar-refractivity contribution >= 4 is 0 Å². The Kier molecular flexibility index (Phi) is 6.57. The van der Waals surface area contributed by atoms with Crippen molar-refractivity contribution in [1.82, 2.24) is 5.32 Å². The number of aliphatic hydroxyl groups is 1. The zero-order valence-electron chi connectivity index (χ0n) is 12.1. The molecule has 0 radical (unpaired) electrons. The number of rotatable bonds is 8. The highest BCUT2D eigenvalue weighted by molar-refractivity contribution is 4.78. The van der Waals surface area contributed by atoms with Crippen LogP contribution in [0.15, 0.2) is 0 Å². The van der Waals surface area contributed by atoms with Gasteiger partial charge < -0.3 is 19.9 Å². The Morgan fingerprint density at radius 1 is 1.26 bits per heavy atom. The minimum atomic E-state index is -0.412. The van der Waals surface area contributed by atoms with Gasteiger partial charge in [0.1, 0.15) is 0 Å². The summed E-state index contributed by atoms with van der Waals surface area (Å²) in [5, 5.41) is 13.3. The van der Waals surface area contributed by atoms with E-state index < -0.39 is 6.10 Å². The van der Waals surface area contributed by atoms with Crippen LogP contribution < -0.4 is 5.32 Å². The van der Waals surface area contributed by atoms with Gasteiger partial charge in [-0.05, 0) is 38.5 Å². The molecule has 2 aliphatic rings. The van der Waals surface area contributed by atoms with Crippen LogP contribution in [0.1, 0.15) is 45.4 Å². The lowest BCUT2D eigenvalue weighted by molar-refractivity contribution is -0.0171. The van der Waals surface area contributed by atoms with Crippen molar-refractivity contribution in [1.29, 1.82) is 0 Å². The van der Waals surface area contributed by atoms with Crippen molar-refractivity contribution in [2.45, 2.75) is 63.7 Å². The van der Waals surface area contributed by atoms with E-state index in [1.165, 1.54) is 25.7 Å². The van der Waals surface area contributed by atoms with Crippen LogP contribution in [0.5, 0.6) is 0 Å². The first-order chi connectivity index (χ1) is 9.25. The van der Waals surface area contributed by atoms with E-state index in [-0.39, 0.29) is 6.10 Å². The van der Waals surface area contributed by atoms with E-state index in [1.54, 1.807) is 0 Å². The first-order valence-corrected chi connectivity index (χ1v) is 7.86. The van der Waals surface area contributed by atoms with E-state index in [9.17, 15) is 5.11 Å². The van der Waals surface area contributed by atoms with Gasteiger partial charge in [-0.1, -0.05) is 12.8 Å². The van der Waals surface area contributed by atoms with Crippen LogP contribution in [-0.4, -0.2) is 49.7 Å². The molecular weight excluding hydrogens is 242 g/mol. The summed E-state index contributed by atoms with van der Waals surface area (Å²) >= 11 is 0. The lowest BCUT2D eigenvalue weighted by Gasteiger charge is -2.22. The first-order valence-electron chi connectivity index (χ1n) is 7.86. The van der Waals surface area contributed by atoms with Gasteiger partial charge in [0.2, 0.25) is 0 Å². The molecule has 4 nitrogen and oxygen atoms in total. The quantitative estimate of drug-likeness (QED) is 0.705. The Hall–Kier alpha value is -0.160. The maximum Gasteiger partial charge on any atom is 0.0897 e. The molecule has 1 saturated carbocycles. The predicted octanol–water partition coefficient (Wildman–Crippen LogP) is 1.71. The molecule has 0 amide bonds. The molecule has 1 heterocycles. The summed E-state index contributed by atoms with van der Waals surface area (Å²) in [7, 11) is 0. The van der Waals surface area contributed by atoms with Crippen molar-refractivity contribution in [3.05, 3.63) is 0 Å². The molecular formula is C15H29NO3. The standard InChI is InChI=1S/C15H29NO3/c1-12(13-5-2-3-6-13)16-9-14(17)10-18-11-15-7-4-8-19-15/h12-17H,2-11H2,1H3/t12-,14?,15?/m0/s1. The Balaban J connectivity index is 1.49. The largest absolute Gasteiger partial charge is 0.389 e. The molecule has 0 spiro atoms. The molecule has 0 aromatic heterocycles. The molecule has 1 aliphatic heterocycles. The minimum Gasteiger partial charge on any atom is -0.389 e. The van der Waals surface area contributed by atoms with Crippen molar-refractivity contribution < 1.29 is 14.6 Å². The fraction of sp³-hybridized carbons (Fsp3) is 1.00. The zero-order chi connectivity index (χ0) is 13.5. The molecule has 2 fully saturated rings. The number of nitrogens with one attached hydrogen (secondary N) is 1. The lowest BCUT2D eigenvalue weighted by Crippen LogP contribution is -2.39. The summed E-state index contributed by atoms with van der Waals surface area (Å²) < 4.78 is 11.0. The van der Waals surface area contributed by atoms with E-state index in [2.05, 4.69) is 12.2 Å². The monoisotopic (exact) mass is 271 g/mol. The Morgan fingerprint density at radius 2 is 2.05 bits per heavy atom. The summed E-state index contributed by atoms with van der Waals surface area (Å²) in [6.45, 7) is 4.75. The normalized spacial score (nSPS) is 27.8. The van der Waals surface area contributed by atoms with Gasteiger partial charge in [-0.15, -0.1) is 0 Å². The smallest absolute Gasteiger partial charge is 0.0897 e. The number of hydrogen-bond acceptors (Lipinski definition) is 4. The minimum absolute atomic E-state index is 0.248. The fourth-order valence-electron chi connectivity index (χ4n) is 3.12. The third-order valence-corrected chi connectivity index (χ3v) is 4.42. The molecule has 2 unspecified atom stereocenters. The van der Waals surface area contributed by atoms with Gasteiger partial charge in [-0.2, -0.15) is 0 Å². The zero-order valence-corrected chi connectivity index (χ0v) is 12.1. The SMILES string of the molecule is C[C@H](NCC(O)COCC1CCCO1)C1CCCC1. The molecule has 2 N–H and O–H groups in total. The summed E-state index contributed by atoms with van der Waals surface area (Å²) in [5.41, 5.74) is 0. The third kappa shape index (κ3) is 5.38. The number of hydrogen-bond donors (Lipinski definition) is 2. The van der Waals surface area contributed by atoms with Crippen LogP contribution in [0.2, 0.25) is 0 Å². The summed E-state index contributed by atoms with van der Waals surface area (Å²) in [5.74, 6) is 0.792.